The molecule has 1 aromatic heterocycles. The van der Waals surface area contributed by atoms with Crippen LogP contribution in [-0.4, -0.2) is 24.5 Å². The van der Waals surface area contributed by atoms with Crippen molar-refractivity contribution in [2.24, 2.45) is 0 Å². The molecule has 0 unspecified atom stereocenters. The lowest BCUT2D eigenvalue weighted by molar-refractivity contribution is 0.0781. The second-order valence-corrected chi connectivity index (χ2v) is 6.87. The predicted octanol–water partition coefficient (Wildman–Crippen LogP) is 3.76. The van der Waals surface area contributed by atoms with Crippen LogP contribution in [0.15, 0.2) is 33.4 Å². The van der Waals surface area contributed by atoms with Gasteiger partial charge in [0.05, 0.1) is 21.6 Å². The maximum absolute atomic E-state index is 12.6. The van der Waals surface area contributed by atoms with E-state index in [2.05, 4.69) is 15.9 Å². The van der Waals surface area contributed by atoms with Crippen LogP contribution in [0.1, 0.15) is 22.8 Å². The summed E-state index contributed by atoms with van der Waals surface area (Å²) in [4.78, 5) is 14.2. The number of benzene rings is 1. The summed E-state index contributed by atoms with van der Waals surface area (Å²) in [6.45, 7) is 2.88. The molecule has 0 saturated carbocycles. The van der Waals surface area contributed by atoms with Gasteiger partial charge in [-0.1, -0.05) is 6.07 Å². The van der Waals surface area contributed by atoms with Crippen molar-refractivity contribution in [2.45, 2.75) is 13.5 Å². The van der Waals surface area contributed by atoms with Gasteiger partial charge in [-0.2, -0.15) is 0 Å². The monoisotopic (exact) mass is 368 g/mol. The van der Waals surface area contributed by atoms with Crippen LogP contribution in [0.3, 0.4) is 0 Å². The van der Waals surface area contributed by atoms with Gasteiger partial charge in [-0.05, 0) is 52.0 Å². The number of halogens is 1. The summed E-state index contributed by atoms with van der Waals surface area (Å²) in [6.07, 6.45) is 0. The molecule has 2 aromatic rings. The number of nitrogen functional groups attached to an aromatic ring is 1. The lowest BCUT2D eigenvalue weighted by Gasteiger charge is -2.19. The fraction of sp³-hybridized carbons (Fsp3) is 0.267. The first-order chi connectivity index (χ1) is 10.0. The summed E-state index contributed by atoms with van der Waals surface area (Å²) in [7, 11) is 1.77. The summed E-state index contributed by atoms with van der Waals surface area (Å²) in [6, 6.07) is 7.25. The zero-order chi connectivity index (χ0) is 15.4. The molecule has 21 heavy (non-hydrogen) atoms. The number of para-hydroxylation sites is 1. The highest BCUT2D eigenvalue weighted by Gasteiger charge is 2.19. The van der Waals surface area contributed by atoms with Crippen LogP contribution in [0.25, 0.3) is 0 Å². The minimum absolute atomic E-state index is 0.104. The molecule has 2 rings (SSSR count). The van der Waals surface area contributed by atoms with Gasteiger partial charge < -0.3 is 15.4 Å². The molecule has 0 atom stereocenters. The highest BCUT2D eigenvalue weighted by atomic mass is 79.9. The number of carbonyl (C=O) groups is 1. The van der Waals surface area contributed by atoms with Gasteiger partial charge in [0.2, 0.25) is 0 Å². The number of hydrogen-bond acceptors (Lipinski definition) is 4. The van der Waals surface area contributed by atoms with E-state index in [-0.39, 0.29) is 5.91 Å². The van der Waals surface area contributed by atoms with Crippen molar-refractivity contribution in [3.8, 4) is 5.75 Å². The van der Waals surface area contributed by atoms with E-state index in [1.807, 2.05) is 18.4 Å². The molecule has 1 aromatic carbocycles. The number of nitrogens with zero attached hydrogens (tertiary/aromatic N) is 1. The summed E-state index contributed by atoms with van der Waals surface area (Å²) in [5.41, 5.74) is 7.96. The van der Waals surface area contributed by atoms with Gasteiger partial charge in [-0.15, -0.1) is 11.3 Å². The van der Waals surface area contributed by atoms with Gasteiger partial charge in [-0.25, -0.2) is 0 Å². The summed E-state index contributed by atoms with van der Waals surface area (Å²) < 4.78 is 6.57. The predicted molar refractivity (Wildman–Crippen MR) is 89.8 cm³/mol. The van der Waals surface area contributed by atoms with Crippen LogP contribution in [0.5, 0.6) is 5.75 Å². The molecular formula is C15H17BrN2O2S. The summed E-state index contributed by atoms with van der Waals surface area (Å²) in [5, 5.41) is 2.02. The SMILES string of the molecule is CCOc1c(N)cccc1C(=O)N(C)Cc1csc(Br)c1. The number of rotatable bonds is 5. The second-order valence-electron chi connectivity index (χ2n) is 4.58. The van der Waals surface area contributed by atoms with E-state index in [1.165, 1.54) is 0 Å². The Morgan fingerprint density at radius 2 is 2.24 bits per heavy atom. The lowest BCUT2D eigenvalue weighted by atomic mass is 10.1. The van der Waals surface area contributed by atoms with Gasteiger partial charge in [0.1, 0.15) is 0 Å². The Morgan fingerprint density at radius 3 is 2.86 bits per heavy atom. The molecule has 0 bridgehead atoms. The molecule has 1 amide bonds. The average Bonchev–Trinajstić information content (AvgIpc) is 2.85. The molecule has 0 spiro atoms. The third kappa shape index (κ3) is 3.77. The molecule has 0 fully saturated rings. The molecule has 112 valence electrons. The van der Waals surface area contributed by atoms with Crippen LogP contribution in [0, 0.1) is 0 Å². The molecule has 2 N–H and O–H groups in total. The van der Waals surface area contributed by atoms with Crippen molar-refractivity contribution in [1.82, 2.24) is 4.90 Å². The summed E-state index contributed by atoms with van der Waals surface area (Å²) in [5.74, 6) is 0.358. The van der Waals surface area contributed by atoms with Gasteiger partial charge in [-0.3, -0.25) is 4.79 Å². The Balaban J connectivity index is 2.21. The van der Waals surface area contributed by atoms with E-state index in [4.69, 9.17) is 10.5 Å². The average molecular weight is 369 g/mol. The number of hydrogen-bond donors (Lipinski definition) is 1. The molecule has 6 heteroatoms. The van der Waals surface area contributed by atoms with E-state index in [9.17, 15) is 4.79 Å². The van der Waals surface area contributed by atoms with E-state index in [1.54, 1.807) is 41.5 Å². The first-order valence-corrected chi connectivity index (χ1v) is 8.19. The third-order valence-electron chi connectivity index (χ3n) is 2.95. The number of ether oxygens (including phenoxy) is 1. The molecular weight excluding hydrogens is 352 g/mol. The van der Waals surface area contributed by atoms with Crippen molar-refractivity contribution >= 4 is 38.9 Å². The number of thiophene rings is 1. The van der Waals surface area contributed by atoms with Gasteiger partial charge >= 0.3 is 0 Å². The molecule has 4 nitrogen and oxygen atoms in total. The van der Waals surface area contributed by atoms with Crippen LogP contribution >= 0.6 is 27.3 Å². The first-order valence-electron chi connectivity index (χ1n) is 6.52. The summed E-state index contributed by atoms with van der Waals surface area (Å²) >= 11 is 5.03. The number of carbonyl (C=O) groups excluding carboxylic acids is 1. The molecule has 0 aliphatic heterocycles. The number of anilines is 1. The molecule has 1 heterocycles. The fourth-order valence-electron chi connectivity index (χ4n) is 2.01. The Kier molecular flexibility index (Phi) is 5.25. The smallest absolute Gasteiger partial charge is 0.257 e. The highest BCUT2D eigenvalue weighted by molar-refractivity contribution is 9.11. The van der Waals surface area contributed by atoms with Gasteiger partial charge in [0, 0.05) is 13.6 Å². The Labute approximate surface area is 136 Å². The van der Waals surface area contributed by atoms with Gasteiger partial charge in [0.25, 0.3) is 5.91 Å². The minimum atomic E-state index is -0.104. The molecule has 0 aliphatic rings. The van der Waals surface area contributed by atoms with Crippen molar-refractivity contribution in [1.29, 1.82) is 0 Å². The van der Waals surface area contributed by atoms with E-state index in [0.29, 0.717) is 30.2 Å². The van der Waals surface area contributed by atoms with Crippen LogP contribution in [0.4, 0.5) is 5.69 Å². The first kappa shape index (κ1) is 15.9. The maximum atomic E-state index is 12.6. The topological polar surface area (TPSA) is 55.6 Å². The van der Waals surface area contributed by atoms with Crippen LogP contribution in [-0.2, 0) is 6.54 Å². The zero-order valence-corrected chi connectivity index (χ0v) is 14.3. The zero-order valence-electron chi connectivity index (χ0n) is 11.9. The van der Waals surface area contributed by atoms with Crippen molar-refractivity contribution < 1.29 is 9.53 Å². The third-order valence-corrected chi connectivity index (χ3v) is 4.51. The Hall–Kier alpha value is -1.53. The highest BCUT2D eigenvalue weighted by Crippen LogP contribution is 2.28. The van der Waals surface area contributed by atoms with Crippen LogP contribution in [0.2, 0.25) is 0 Å². The Bertz CT molecular complexity index is 642. The number of nitrogens with two attached hydrogens (primary N) is 1. The van der Waals surface area contributed by atoms with Crippen molar-refractivity contribution in [3.05, 3.63) is 44.6 Å². The van der Waals surface area contributed by atoms with Crippen molar-refractivity contribution in [3.63, 3.8) is 0 Å². The van der Waals surface area contributed by atoms with E-state index >= 15 is 0 Å². The van der Waals surface area contributed by atoms with E-state index < -0.39 is 0 Å². The normalized spacial score (nSPS) is 10.4. The lowest BCUT2D eigenvalue weighted by Crippen LogP contribution is -2.26. The Morgan fingerprint density at radius 1 is 1.48 bits per heavy atom. The minimum Gasteiger partial charge on any atom is -0.491 e. The second kappa shape index (κ2) is 6.95. The molecule has 0 aliphatic carbocycles. The molecule has 0 radical (unpaired) electrons. The quantitative estimate of drug-likeness (QED) is 0.817. The maximum Gasteiger partial charge on any atom is 0.257 e. The van der Waals surface area contributed by atoms with E-state index in [0.717, 1.165) is 9.35 Å². The van der Waals surface area contributed by atoms with Crippen LogP contribution < -0.4 is 10.5 Å². The molecule has 0 saturated heterocycles. The standard InChI is InChI=1S/C15H17BrN2O2S/c1-3-20-14-11(5-4-6-12(14)17)15(19)18(2)8-10-7-13(16)21-9-10/h4-7,9H,3,8,17H2,1-2H3. The van der Waals surface area contributed by atoms with Gasteiger partial charge in [0.15, 0.2) is 5.75 Å². The fourth-order valence-corrected chi connectivity index (χ4v) is 3.21. The van der Waals surface area contributed by atoms with Crippen molar-refractivity contribution in [2.75, 3.05) is 19.4 Å². The number of amides is 1. The largest absolute Gasteiger partial charge is 0.491 e.